The molecule has 3 aliphatic heterocycles. The predicted octanol–water partition coefficient (Wildman–Crippen LogP) is 4.60. The standard InChI is InChI=1S/C27H30N4O2S/c32-27(30-13-15-33-16-14-30)25-23-19-34-24-10-3-2-9-22(24)26(23)31(28-25)21-8-6-7-20(17-21)18-29-11-4-1-5-12-29/h2-3,6-10,17H,1,4-5,11-16,18-19H2. The highest BCUT2D eigenvalue weighted by molar-refractivity contribution is 7.98. The Bertz CT molecular complexity index is 1200. The lowest BCUT2D eigenvalue weighted by Gasteiger charge is -2.26. The van der Waals surface area contributed by atoms with E-state index in [0.29, 0.717) is 32.0 Å². The van der Waals surface area contributed by atoms with Crippen LogP contribution in [-0.2, 0) is 17.0 Å². The summed E-state index contributed by atoms with van der Waals surface area (Å²) < 4.78 is 7.48. The molecular formula is C27H30N4O2S. The molecule has 1 aromatic heterocycles. The van der Waals surface area contributed by atoms with E-state index in [-0.39, 0.29) is 5.91 Å². The Kier molecular flexibility index (Phi) is 6.16. The van der Waals surface area contributed by atoms with Gasteiger partial charge in [0, 0.05) is 41.4 Å². The van der Waals surface area contributed by atoms with E-state index in [1.54, 1.807) is 11.8 Å². The molecule has 0 unspecified atom stereocenters. The van der Waals surface area contributed by atoms with E-state index < -0.39 is 0 Å². The Morgan fingerprint density at radius 1 is 0.971 bits per heavy atom. The van der Waals surface area contributed by atoms with E-state index in [9.17, 15) is 4.79 Å². The van der Waals surface area contributed by atoms with Crippen LogP contribution < -0.4 is 0 Å². The van der Waals surface area contributed by atoms with Crippen molar-refractivity contribution in [1.82, 2.24) is 19.6 Å². The van der Waals surface area contributed by atoms with Gasteiger partial charge < -0.3 is 9.64 Å². The quantitative estimate of drug-likeness (QED) is 0.553. The summed E-state index contributed by atoms with van der Waals surface area (Å²) in [7, 11) is 0. The fourth-order valence-electron chi connectivity index (χ4n) is 5.24. The molecule has 0 spiro atoms. The number of piperidine rings is 1. The van der Waals surface area contributed by atoms with Gasteiger partial charge in [0.2, 0.25) is 0 Å². The van der Waals surface area contributed by atoms with Crippen LogP contribution in [0.5, 0.6) is 0 Å². The van der Waals surface area contributed by atoms with E-state index >= 15 is 0 Å². The summed E-state index contributed by atoms with van der Waals surface area (Å²) in [5, 5.41) is 4.98. The van der Waals surface area contributed by atoms with Gasteiger partial charge in [-0.1, -0.05) is 36.8 Å². The van der Waals surface area contributed by atoms with Crippen LogP contribution in [0.2, 0.25) is 0 Å². The fraction of sp³-hybridized carbons (Fsp3) is 0.407. The molecule has 0 N–H and O–H groups in total. The van der Waals surface area contributed by atoms with Crippen molar-refractivity contribution in [2.45, 2.75) is 36.5 Å². The zero-order valence-electron chi connectivity index (χ0n) is 19.4. The maximum Gasteiger partial charge on any atom is 0.274 e. The highest BCUT2D eigenvalue weighted by atomic mass is 32.2. The third-order valence-electron chi connectivity index (χ3n) is 7.01. The largest absolute Gasteiger partial charge is 0.378 e. The van der Waals surface area contributed by atoms with Crippen LogP contribution in [-0.4, -0.2) is 64.9 Å². The lowest BCUT2D eigenvalue weighted by molar-refractivity contribution is 0.0298. The summed E-state index contributed by atoms with van der Waals surface area (Å²) in [6.45, 7) is 5.72. The molecule has 0 saturated carbocycles. The lowest BCUT2D eigenvalue weighted by Crippen LogP contribution is -2.41. The summed E-state index contributed by atoms with van der Waals surface area (Å²) in [6, 6.07) is 17.1. The number of hydrogen-bond donors (Lipinski definition) is 0. The molecule has 0 atom stereocenters. The topological polar surface area (TPSA) is 50.6 Å². The van der Waals surface area contributed by atoms with Gasteiger partial charge in [0.15, 0.2) is 5.69 Å². The second-order valence-electron chi connectivity index (χ2n) is 9.28. The summed E-state index contributed by atoms with van der Waals surface area (Å²) in [4.78, 5) is 19.2. The average molecular weight is 475 g/mol. The smallest absolute Gasteiger partial charge is 0.274 e. The number of likely N-dealkylation sites (tertiary alicyclic amines) is 1. The lowest BCUT2D eigenvalue weighted by atomic mass is 10.0. The monoisotopic (exact) mass is 474 g/mol. The van der Waals surface area contributed by atoms with Crippen molar-refractivity contribution in [2.24, 2.45) is 0 Å². The van der Waals surface area contributed by atoms with Gasteiger partial charge in [-0.3, -0.25) is 9.69 Å². The van der Waals surface area contributed by atoms with Crippen LogP contribution >= 0.6 is 11.8 Å². The molecule has 1 amide bonds. The molecule has 6 nitrogen and oxygen atoms in total. The molecule has 2 saturated heterocycles. The molecule has 0 radical (unpaired) electrons. The molecule has 6 rings (SSSR count). The van der Waals surface area contributed by atoms with Crippen LogP contribution in [0.15, 0.2) is 53.4 Å². The number of fused-ring (bicyclic) bond motifs is 3. The average Bonchev–Trinajstić information content (AvgIpc) is 3.30. The van der Waals surface area contributed by atoms with Crippen molar-refractivity contribution in [3.05, 3.63) is 65.4 Å². The zero-order valence-corrected chi connectivity index (χ0v) is 20.2. The van der Waals surface area contributed by atoms with Crippen LogP contribution in [0.4, 0.5) is 0 Å². The number of aromatic nitrogens is 2. The maximum absolute atomic E-state index is 13.5. The van der Waals surface area contributed by atoms with E-state index in [0.717, 1.165) is 34.8 Å². The van der Waals surface area contributed by atoms with Gasteiger partial charge in [-0.05, 0) is 49.7 Å². The van der Waals surface area contributed by atoms with Crippen molar-refractivity contribution in [3.8, 4) is 16.9 Å². The van der Waals surface area contributed by atoms with Gasteiger partial charge >= 0.3 is 0 Å². The Labute approximate surface area is 204 Å². The van der Waals surface area contributed by atoms with Gasteiger partial charge in [0.05, 0.1) is 24.6 Å². The van der Waals surface area contributed by atoms with Crippen molar-refractivity contribution < 1.29 is 9.53 Å². The zero-order chi connectivity index (χ0) is 22.9. The van der Waals surface area contributed by atoms with Gasteiger partial charge in [-0.25, -0.2) is 4.68 Å². The Balaban J connectivity index is 1.42. The SMILES string of the molecule is O=C(c1nn(-c2cccc(CN3CCCCC3)c2)c2c1CSc1ccccc1-2)N1CCOCC1. The van der Waals surface area contributed by atoms with Crippen molar-refractivity contribution in [3.63, 3.8) is 0 Å². The van der Waals surface area contributed by atoms with Gasteiger partial charge in [-0.2, -0.15) is 5.10 Å². The first kappa shape index (κ1) is 21.9. The number of rotatable bonds is 4. The van der Waals surface area contributed by atoms with Crippen molar-refractivity contribution in [2.75, 3.05) is 39.4 Å². The van der Waals surface area contributed by atoms with E-state index in [4.69, 9.17) is 9.84 Å². The number of nitrogens with zero attached hydrogens (tertiary/aromatic N) is 4. The predicted molar refractivity (Wildman–Crippen MR) is 134 cm³/mol. The molecule has 176 valence electrons. The minimum absolute atomic E-state index is 0.0164. The van der Waals surface area contributed by atoms with Crippen molar-refractivity contribution in [1.29, 1.82) is 0 Å². The number of hydrogen-bond acceptors (Lipinski definition) is 5. The second-order valence-corrected chi connectivity index (χ2v) is 10.3. The minimum atomic E-state index is 0.0164. The number of thioether (sulfide) groups is 1. The molecule has 0 aliphatic carbocycles. The van der Waals surface area contributed by atoms with Crippen LogP contribution in [0.3, 0.4) is 0 Å². The second kappa shape index (κ2) is 9.56. The van der Waals surface area contributed by atoms with Crippen LogP contribution in [0.25, 0.3) is 16.9 Å². The van der Waals surface area contributed by atoms with E-state index in [1.807, 2.05) is 9.58 Å². The van der Waals surface area contributed by atoms with Gasteiger partial charge in [0.25, 0.3) is 5.91 Å². The Morgan fingerprint density at radius 2 is 1.79 bits per heavy atom. The van der Waals surface area contributed by atoms with Crippen LogP contribution in [0.1, 0.15) is 40.9 Å². The first-order chi connectivity index (χ1) is 16.8. The summed E-state index contributed by atoms with van der Waals surface area (Å²) in [5.74, 6) is 0.772. The summed E-state index contributed by atoms with van der Waals surface area (Å²) in [6.07, 6.45) is 3.91. The number of carbonyl (C=O) groups is 1. The summed E-state index contributed by atoms with van der Waals surface area (Å²) >= 11 is 1.79. The molecule has 2 aromatic carbocycles. The van der Waals surface area contributed by atoms with Crippen molar-refractivity contribution >= 4 is 17.7 Å². The van der Waals surface area contributed by atoms with E-state index in [1.165, 1.54) is 42.8 Å². The molecule has 4 heterocycles. The first-order valence-electron chi connectivity index (χ1n) is 12.3. The number of benzene rings is 2. The third-order valence-corrected chi connectivity index (χ3v) is 8.11. The van der Waals surface area contributed by atoms with Crippen LogP contribution in [0, 0.1) is 0 Å². The molecule has 3 aromatic rings. The first-order valence-corrected chi connectivity index (χ1v) is 13.3. The minimum Gasteiger partial charge on any atom is -0.378 e. The highest BCUT2D eigenvalue weighted by Crippen LogP contribution is 2.43. The molecule has 34 heavy (non-hydrogen) atoms. The molecular weight excluding hydrogens is 444 g/mol. The normalized spacial score (nSPS) is 18.4. The number of morpholine rings is 1. The van der Waals surface area contributed by atoms with E-state index in [2.05, 4.69) is 53.4 Å². The number of carbonyl (C=O) groups excluding carboxylic acids is 1. The van der Waals surface area contributed by atoms with Gasteiger partial charge in [-0.15, -0.1) is 11.8 Å². The Hall–Kier alpha value is -2.61. The molecule has 2 fully saturated rings. The third kappa shape index (κ3) is 4.17. The fourth-order valence-corrected chi connectivity index (χ4v) is 6.31. The molecule has 3 aliphatic rings. The highest BCUT2D eigenvalue weighted by Gasteiger charge is 2.32. The molecule has 0 bridgehead atoms. The number of amides is 1. The van der Waals surface area contributed by atoms with Gasteiger partial charge in [0.1, 0.15) is 0 Å². The Morgan fingerprint density at radius 3 is 2.65 bits per heavy atom. The summed E-state index contributed by atoms with van der Waals surface area (Å²) in [5.41, 5.74) is 6.16. The number of ether oxygens (including phenoxy) is 1. The maximum atomic E-state index is 13.5. The molecule has 7 heteroatoms.